The van der Waals surface area contributed by atoms with Crippen molar-refractivity contribution in [1.29, 1.82) is 0 Å². The Morgan fingerprint density at radius 1 is 1.24 bits per heavy atom. The summed E-state index contributed by atoms with van der Waals surface area (Å²) in [5.41, 5.74) is 3.27. The molecule has 0 amide bonds. The number of anilines is 1. The van der Waals surface area contributed by atoms with Crippen molar-refractivity contribution in [2.75, 3.05) is 18.5 Å². The summed E-state index contributed by atoms with van der Waals surface area (Å²) in [7, 11) is 2.13. The summed E-state index contributed by atoms with van der Waals surface area (Å²) in [5.74, 6) is 1.75. The summed E-state index contributed by atoms with van der Waals surface area (Å²) >= 11 is 0. The third-order valence-corrected chi connectivity index (χ3v) is 5.33. The third-order valence-electron chi connectivity index (χ3n) is 5.33. The van der Waals surface area contributed by atoms with Crippen molar-refractivity contribution in [3.05, 3.63) is 41.2 Å². The van der Waals surface area contributed by atoms with Gasteiger partial charge in [0.15, 0.2) is 5.78 Å². The van der Waals surface area contributed by atoms with E-state index in [2.05, 4.69) is 50.1 Å². The van der Waals surface area contributed by atoms with Crippen LogP contribution in [0.3, 0.4) is 0 Å². The smallest absolute Gasteiger partial charge is 0.163 e. The number of nitrogens with zero attached hydrogens (tertiary/aromatic N) is 1. The second-order valence-electron chi connectivity index (χ2n) is 6.99. The van der Waals surface area contributed by atoms with Gasteiger partial charge >= 0.3 is 0 Å². The molecular formula is C18H21NO2. The van der Waals surface area contributed by atoms with Crippen LogP contribution in [-0.4, -0.2) is 25.0 Å². The van der Waals surface area contributed by atoms with Crippen LogP contribution in [0.25, 0.3) is 0 Å². The van der Waals surface area contributed by atoms with Gasteiger partial charge in [0.25, 0.3) is 0 Å². The van der Waals surface area contributed by atoms with E-state index in [-0.39, 0.29) is 17.3 Å². The van der Waals surface area contributed by atoms with Crippen molar-refractivity contribution in [1.82, 2.24) is 0 Å². The number of fused-ring (bicyclic) bond motifs is 4. The molecule has 110 valence electrons. The molecule has 0 saturated carbocycles. The number of hydrogen-bond acceptors (Lipinski definition) is 3. The van der Waals surface area contributed by atoms with Gasteiger partial charge in [0, 0.05) is 49.5 Å². The SMILES string of the molecule is CN1C[C@H]2[C@H](C3=C(CCC3=O)OC2(C)C)c2ccccc21. The standard InChI is InChI=1S/C18H21NO2/c1-18(2)12-10-19(3)13-7-5-4-6-11(13)16(12)17-14(20)8-9-15(17)21-18/h4-7,12,16H,8-10H2,1-3H3/t12-,16+/m0/s1. The van der Waals surface area contributed by atoms with Crippen LogP contribution in [0, 0.1) is 5.92 Å². The van der Waals surface area contributed by atoms with E-state index in [1.54, 1.807) is 0 Å². The minimum atomic E-state index is -0.226. The van der Waals surface area contributed by atoms with E-state index in [4.69, 9.17) is 4.74 Å². The van der Waals surface area contributed by atoms with Crippen LogP contribution in [0.2, 0.25) is 0 Å². The Bertz CT molecular complexity index is 659. The zero-order valence-corrected chi connectivity index (χ0v) is 12.8. The highest BCUT2D eigenvalue weighted by Gasteiger charge is 2.51. The number of carbonyl (C=O) groups excluding carboxylic acids is 1. The van der Waals surface area contributed by atoms with Gasteiger partial charge in [-0.05, 0) is 25.5 Å². The number of hydrogen-bond donors (Lipinski definition) is 0. The summed E-state index contributed by atoms with van der Waals surface area (Å²) < 4.78 is 6.23. The average molecular weight is 283 g/mol. The summed E-state index contributed by atoms with van der Waals surface area (Å²) in [6, 6.07) is 8.50. The highest BCUT2D eigenvalue weighted by atomic mass is 16.5. The highest BCUT2D eigenvalue weighted by Crippen LogP contribution is 2.54. The molecule has 2 atom stereocenters. The van der Waals surface area contributed by atoms with Gasteiger partial charge in [-0.15, -0.1) is 0 Å². The number of Topliss-reactive ketones (excluding diaryl/α,β-unsaturated/α-hetero) is 1. The van der Waals surface area contributed by atoms with Gasteiger partial charge < -0.3 is 9.64 Å². The molecule has 2 heterocycles. The van der Waals surface area contributed by atoms with Crippen molar-refractivity contribution in [2.45, 2.75) is 38.2 Å². The van der Waals surface area contributed by atoms with Crippen LogP contribution >= 0.6 is 0 Å². The molecule has 1 aromatic carbocycles. The fourth-order valence-electron chi connectivity index (χ4n) is 4.29. The minimum Gasteiger partial charge on any atom is -0.491 e. The normalized spacial score (nSPS) is 29.7. The van der Waals surface area contributed by atoms with E-state index in [9.17, 15) is 4.79 Å². The van der Waals surface area contributed by atoms with Gasteiger partial charge in [-0.3, -0.25) is 4.79 Å². The number of rotatable bonds is 0. The number of carbonyl (C=O) groups is 1. The van der Waals surface area contributed by atoms with Gasteiger partial charge in [-0.25, -0.2) is 0 Å². The number of para-hydroxylation sites is 1. The zero-order valence-electron chi connectivity index (χ0n) is 12.8. The van der Waals surface area contributed by atoms with Gasteiger partial charge in [-0.1, -0.05) is 18.2 Å². The summed E-state index contributed by atoms with van der Waals surface area (Å²) in [4.78, 5) is 14.7. The molecular weight excluding hydrogens is 262 g/mol. The molecule has 21 heavy (non-hydrogen) atoms. The maximum Gasteiger partial charge on any atom is 0.163 e. The van der Waals surface area contributed by atoms with E-state index in [1.807, 2.05) is 0 Å². The van der Waals surface area contributed by atoms with Gasteiger partial charge in [0.1, 0.15) is 11.4 Å². The van der Waals surface area contributed by atoms with E-state index < -0.39 is 0 Å². The first-order valence-electron chi connectivity index (χ1n) is 7.74. The summed E-state index contributed by atoms with van der Waals surface area (Å²) in [6.45, 7) is 5.26. The van der Waals surface area contributed by atoms with Crippen LogP contribution in [-0.2, 0) is 9.53 Å². The Morgan fingerprint density at radius 2 is 2.00 bits per heavy atom. The molecule has 1 aliphatic carbocycles. The number of ether oxygens (including phenoxy) is 1. The first-order valence-corrected chi connectivity index (χ1v) is 7.74. The first-order chi connectivity index (χ1) is 9.99. The molecule has 3 nitrogen and oxygen atoms in total. The molecule has 1 aromatic rings. The maximum atomic E-state index is 12.4. The molecule has 0 aromatic heterocycles. The molecule has 2 aliphatic heterocycles. The lowest BCUT2D eigenvalue weighted by atomic mass is 9.68. The molecule has 0 spiro atoms. The highest BCUT2D eigenvalue weighted by molar-refractivity contribution is 6.00. The fraction of sp³-hybridized carbons (Fsp3) is 0.500. The first kappa shape index (κ1) is 12.9. The van der Waals surface area contributed by atoms with Crippen molar-refractivity contribution in [2.24, 2.45) is 5.92 Å². The Morgan fingerprint density at radius 3 is 2.81 bits per heavy atom. The maximum absolute atomic E-state index is 12.4. The lowest BCUT2D eigenvalue weighted by Gasteiger charge is -2.50. The largest absolute Gasteiger partial charge is 0.491 e. The van der Waals surface area contributed by atoms with Gasteiger partial charge in [-0.2, -0.15) is 0 Å². The van der Waals surface area contributed by atoms with E-state index in [0.29, 0.717) is 12.3 Å². The van der Waals surface area contributed by atoms with E-state index >= 15 is 0 Å². The molecule has 0 fully saturated rings. The summed E-state index contributed by atoms with van der Waals surface area (Å²) in [6.07, 6.45) is 1.39. The fourth-order valence-corrected chi connectivity index (χ4v) is 4.29. The molecule has 4 rings (SSSR count). The van der Waals surface area contributed by atoms with Gasteiger partial charge in [0.2, 0.25) is 0 Å². The quantitative estimate of drug-likeness (QED) is 0.732. The van der Waals surface area contributed by atoms with Crippen molar-refractivity contribution < 1.29 is 9.53 Å². The van der Waals surface area contributed by atoms with Crippen LogP contribution in [0.5, 0.6) is 0 Å². The molecule has 0 saturated heterocycles. The Labute approximate surface area is 125 Å². The Hall–Kier alpha value is -1.77. The second kappa shape index (κ2) is 4.12. The van der Waals surface area contributed by atoms with Crippen LogP contribution in [0.15, 0.2) is 35.6 Å². The summed E-state index contributed by atoms with van der Waals surface area (Å²) in [5, 5.41) is 0. The van der Waals surface area contributed by atoms with E-state index in [0.717, 1.165) is 24.3 Å². The predicted octanol–water partition coefficient (Wildman–Crippen LogP) is 3.26. The van der Waals surface area contributed by atoms with Crippen molar-refractivity contribution >= 4 is 11.5 Å². The van der Waals surface area contributed by atoms with Crippen LogP contribution < -0.4 is 4.90 Å². The molecule has 3 heteroatoms. The Balaban J connectivity index is 1.95. The number of ketones is 1. The zero-order chi connectivity index (χ0) is 14.8. The molecule has 0 unspecified atom stereocenters. The Kier molecular flexibility index (Phi) is 2.54. The lowest BCUT2D eigenvalue weighted by molar-refractivity contribution is -0.116. The van der Waals surface area contributed by atoms with E-state index in [1.165, 1.54) is 11.3 Å². The van der Waals surface area contributed by atoms with Gasteiger partial charge in [0.05, 0.1) is 0 Å². The predicted molar refractivity (Wildman–Crippen MR) is 82.4 cm³/mol. The van der Waals surface area contributed by atoms with Crippen molar-refractivity contribution in [3.8, 4) is 0 Å². The number of allylic oxidation sites excluding steroid dienone is 2. The topological polar surface area (TPSA) is 29.5 Å². The third kappa shape index (κ3) is 1.69. The van der Waals surface area contributed by atoms with Crippen molar-refractivity contribution in [3.63, 3.8) is 0 Å². The molecule has 0 N–H and O–H groups in total. The lowest BCUT2D eigenvalue weighted by Crippen LogP contribution is -2.50. The molecule has 0 radical (unpaired) electrons. The molecule has 0 bridgehead atoms. The monoisotopic (exact) mass is 283 g/mol. The van der Waals surface area contributed by atoms with Crippen LogP contribution in [0.4, 0.5) is 5.69 Å². The molecule has 3 aliphatic rings. The number of benzene rings is 1. The minimum absolute atomic E-state index is 0.200. The average Bonchev–Trinajstić information content (AvgIpc) is 2.80. The second-order valence-corrected chi connectivity index (χ2v) is 6.99. The van der Waals surface area contributed by atoms with Crippen LogP contribution in [0.1, 0.15) is 38.2 Å².